The van der Waals surface area contributed by atoms with E-state index < -0.39 is 0 Å². The second-order valence-corrected chi connectivity index (χ2v) is 6.68. The predicted molar refractivity (Wildman–Crippen MR) is 78.3 cm³/mol. The lowest BCUT2D eigenvalue weighted by atomic mass is 9.95. The number of aromatic nitrogens is 2. The Morgan fingerprint density at radius 2 is 1.47 bits per heavy atom. The van der Waals surface area contributed by atoms with E-state index in [1.807, 2.05) is 0 Å². The molecule has 0 aliphatic heterocycles. The molecular weight excluding hydrogens is 232 g/mol. The molecule has 0 amide bonds. The predicted octanol–water partition coefficient (Wildman–Crippen LogP) is 4.40. The van der Waals surface area contributed by atoms with Gasteiger partial charge >= 0.3 is 0 Å². The molecule has 1 heterocycles. The molecule has 1 aromatic rings. The van der Waals surface area contributed by atoms with E-state index in [1.165, 1.54) is 75.6 Å². The Hall–Kier alpha value is -0.790. The van der Waals surface area contributed by atoms with E-state index in [0.29, 0.717) is 0 Å². The summed E-state index contributed by atoms with van der Waals surface area (Å²) in [4.78, 5) is 0. The van der Waals surface area contributed by atoms with Crippen LogP contribution in [0, 0.1) is 13.8 Å². The van der Waals surface area contributed by atoms with Gasteiger partial charge in [0.2, 0.25) is 6.33 Å². The SMILES string of the molecule is Cc1c(C)[n+](C2CCCCC2)cn1C1CCCCC1. The lowest BCUT2D eigenvalue weighted by molar-refractivity contribution is -0.730. The molecule has 0 atom stereocenters. The van der Waals surface area contributed by atoms with E-state index in [9.17, 15) is 0 Å². The van der Waals surface area contributed by atoms with Crippen molar-refractivity contribution in [3.05, 3.63) is 17.7 Å². The summed E-state index contributed by atoms with van der Waals surface area (Å²) in [6, 6.07) is 1.55. The van der Waals surface area contributed by atoms with E-state index in [2.05, 4.69) is 29.3 Å². The highest BCUT2D eigenvalue weighted by Crippen LogP contribution is 2.30. The molecule has 0 saturated heterocycles. The first kappa shape index (κ1) is 13.2. The van der Waals surface area contributed by atoms with Crippen molar-refractivity contribution in [2.45, 2.75) is 90.1 Å². The molecule has 2 fully saturated rings. The highest BCUT2D eigenvalue weighted by molar-refractivity contribution is 5.05. The van der Waals surface area contributed by atoms with Crippen LogP contribution in [0.3, 0.4) is 0 Å². The van der Waals surface area contributed by atoms with Gasteiger partial charge in [-0.15, -0.1) is 0 Å². The maximum atomic E-state index is 2.60. The van der Waals surface area contributed by atoms with Crippen LogP contribution in [0.4, 0.5) is 0 Å². The van der Waals surface area contributed by atoms with Gasteiger partial charge in [-0.1, -0.05) is 12.8 Å². The van der Waals surface area contributed by atoms with E-state index in [1.54, 1.807) is 0 Å². The Bertz CT molecular complexity index is 382. The molecule has 2 heteroatoms. The minimum absolute atomic E-state index is 0.775. The normalized spacial score (nSPS) is 22.8. The van der Waals surface area contributed by atoms with Crippen LogP contribution in [0.2, 0.25) is 0 Å². The van der Waals surface area contributed by atoms with E-state index in [-0.39, 0.29) is 0 Å². The fourth-order valence-electron chi connectivity index (χ4n) is 4.14. The Kier molecular flexibility index (Phi) is 3.95. The average Bonchev–Trinajstić information content (AvgIpc) is 2.77. The van der Waals surface area contributed by atoms with E-state index in [4.69, 9.17) is 0 Å². The second-order valence-electron chi connectivity index (χ2n) is 6.68. The van der Waals surface area contributed by atoms with Crippen molar-refractivity contribution >= 4 is 0 Å². The van der Waals surface area contributed by atoms with Crippen molar-refractivity contribution in [1.29, 1.82) is 0 Å². The number of rotatable bonds is 2. The molecule has 0 aromatic carbocycles. The Labute approximate surface area is 117 Å². The molecule has 0 bridgehead atoms. The maximum absolute atomic E-state index is 2.60. The zero-order chi connectivity index (χ0) is 13.2. The largest absolute Gasteiger partial charge is 0.244 e. The highest BCUT2D eigenvalue weighted by atomic mass is 15.2. The van der Waals surface area contributed by atoms with Crippen molar-refractivity contribution < 1.29 is 4.57 Å². The first-order chi connectivity index (χ1) is 9.27. The fraction of sp³-hybridized carbons (Fsp3) is 0.824. The van der Waals surface area contributed by atoms with Crippen LogP contribution in [-0.4, -0.2) is 4.57 Å². The summed E-state index contributed by atoms with van der Waals surface area (Å²) in [6.07, 6.45) is 16.6. The van der Waals surface area contributed by atoms with Crippen LogP contribution in [-0.2, 0) is 0 Å². The smallest absolute Gasteiger partial charge is 0.231 e. The highest BCUT2D eigenvalue weighted by Gasteiger charge is 2.29. The lowest BCUT2D eigenvalue weighted by Gasteiger charge is -2.20. The first-order valence-electron chi connectivity index (χ1n) is 8.36. The van der Waals surface area contributed by atoms with Gasteiger partial charge in [0, 0.05) is 13.8 Å². The Morgan fingerprint density at radius 3 is 2.11 bits per heavy atom. The van der Waals surface area contributed by atoms with E-state index in [0.717, 1.165) is 12.1 Å². The minimum Gasteiger partial charge on any atom is -0.231 e. The topological polar surface area (TPSA) is 8.81 Å². The summed E-state index contributed by atoms with van der Waals surface area (Å²) in [5.74, 6) is 0. The van der Waals surface area contributed by atoms with Crippen molar-refractivity contribution in [1.82, 2.24) is 4.57 Å². The van der Waals surface area contributed by atoms with Crippen molar-refractivity contribution in [2.75, 3.05) is 0 Å². The van der Waals surface area contributed by atoms with Gasteiger partial charge in [-0.2, -0.15) is 0 Å². The molecular formula is C17H29N2+. The summed E-state index contributed by atoms with van der Waals surface area (Å²) >= 11 is 0. The van der Waals surface area contributed by atoms with Crippen molar-refractivity contribution in [3.8, 4) is 0 Å². The van der Waals surface area contributed by atoms with Crippen molar-refractivity contribution in [3.63, 3.8) is 0 Å². The first-order valence-corrected chi connectivity index (χ1v) is 8.36. The average molecular weight is 261 g/mol. The maximum Gasteiger partial charge on any atom is 0.244 e. The fourth-order valence-corrected chi connectivity index (χ4v) is 4.14. The van der Waals surface area contributed by atoms with Gasteiger partial charge in [0.25, 0.3) is 0 Å². The summed E-state index contributed by atoms with van der Waals surface area (Å²) in [6.45, 7) is 4.65. The lowest BCUT2D eigenvalue weighted by Crippen LogP contribution is -2.41. The van der Waals surface area contributed by atoms with Crippen LogP contribution in [0.25, 0.3) is 0 Å². The van der Waals surface area contributed by atoms with Gasteiger partial charge in [-0.25, -0.2) is 9.13 Å². The molecule has 2 aliphatic rings. The van der Waals surface area contributed by atoms with Crippen LogP contribution < -0.4 is 4.57 Å². The minimum atomic E-state index is 0.775. The van der Waals surface area contributed by atoms with Gasteiger partial charge in [-0.3, -0.25) is 0 Å². The molecule has 106 valence electrons. The molecule has 0 spiro atoms. The molecule has 2 aliphatic carbocycles. The van der Waals surface area contributed by atoms with Crippen LogP contribution in [0.1, 0.15) is 87.7 Å². The summed E-state index contributed by atoms with van der Waals surface area (Å²) in [5, 5.41) is 0. The third-order valence-electron chi connectivity index (χ3n) is 5.48. The third-order valence-corrected chi connectivity index (χ3v) is 5.48. The van der Waals surface area contributed by atoms with Crippen molar-refractivity contribution in [2.24, 2.45) is 0 Å². The van der Waals surface area contributed by atoms with Gasteiger partial charge in [-0.05, 0) is 51.4 Å². The van der Waals surface area contributed by atoms with Gasteiger partial charge in [0.1, 0.15) is 23.5 Å². The summed E-state index contributed by atoms with van der Waals surface area (Å²) in [5.41, 5.74) is 3.02. The molecule has 1 aromatic heterocycles. The Morgan fingerprint density at radius 1 is 0.895 bits per heavy atom. The number of hydrogen-bond acceptors (Lipinski definition) is 0. The molecule has 3 rings (SSSR count). The molecule has 0 N–H and O–H groups in total. The van der Waals surface area contributed by atoms with Crippen LogP contribution in [0.15, 0.2) is 6.33 Å². The second kappa shape index (κ2) is 5.68. The standard InChI is InChI=1S/C17H29N2/c1-14-15(2)19(17-11-7-4-8-12-17)13-18(14)16-9-5-3-6-10-16/h13,16-17H,3-12H2,1-2H3/q+1. The monoisotopic (exact) mass is 261 g/mol. The quantitative estimate of drug-likeness (QED) is 0.698. The zero-order valence-electron chi connectivity index (χ0n) is 12.7. The van der Waals surface area contributed by atoms with Crippen LogP contribution >= 0.6 is 0 Å². The molecule has 2 nitrogen and oxygen atoms in total. The number of hydrogen-bond donors (Lipinski definition) is 0. The number of imidazole rings is 1. The van der Waals surface area contributed by atoms with Gasteiger partial charge in [0.05, 0.1) is 0 Å². The van der Waals surface area contributed by atoms with E-state index >= 15 is 0 Å². The van der Waals surface area contributed by atoms with Gasteiger partial charge in [0.15, 0.2) is 0 Å². The molecule has 0 unspecified atom stereocenters. The number of nitrogens with zero attached hydrogens (tertiary/aromatic N) is 2. The third kappa shape index (κ3) is 2.59. The summed E-state index contributed by atoms with van der Waals surface area (Å²) < 4.78 is 5.20. The Balaban J connectivity index is 1.85. The van der Waals surface area contributed by atoms with Gasteiger partial charge < -0.3 is 0 Å². The molecule has 0 radical (unpaired) electrons. The van der Waals surface area contributed by atoms with Crippen LogP contribution in [0.5, 0.6) is 0 Å². The molecule has 19 heavy (non-hydrogen) atoms. The molecule has 2 saturated carbocycles. The summed E-state index contributed by atoms with van der Waals surface area (Å²) in [7, 11) is 0. The zero-order valence-corrected chi connectivity index (χ0v) is 12.7.